The van der Waals surface area contributed by atoms with E-state index in [-0.39, 0.29) is 5.91 Å². The summed E-state index contributed by atoms with van der Waals surface area (Å²) in [6, 6.07) is 1.59. The molecule has 2 heterocycles. The van der Waals surface area contributed by atoms with Crippen LogP contribution < -0.4 is 11.1 Å². The Bertz CT molecular complexity index is 521. The molecule has 0 saturated carbocycles. The van der Waals surface area contributed by atoms with Crippen LogP contribution in [0.4, 0.5) is 5.82 Å². The largest absolute Gasteiger partial charge is 0.384 e. The van der Waals surface area contributed by atoms with Crippen molar-refractivity contribution in [2.45, 2.75) is 6.54 Å². The predicted molar refractivity (Wildman–Crippen MR) is 60.8 cm³/mol. The lowest BCUT2D eigenvalue weighted by Gasteiger charge is -2.04. The van der Waals surface area contributed by atoms with Crippen molar-refractivity contribution >= 4 is 11.7 Å². The molecule has 0 aromatic carbocycles. The number of aryl methyl sites for hydroxylation is 1. The molecule has 0 bridgehead atoms. The third-order valence-corrected chi connectivity index (χ3v) is 2.35. The zero-order chi connectivity index (χ0) is 12.3. The molecule has 17 heavy (non-hydrogen) atoms. The summed E-state index contributed by atoms with van der Waals surface area (Å²) in [6.45, 7) is 0.334. The maximum atomic E-state index is 11.7. The Morgan fingerprint density at radius 2 is 2.29 bits per heavy atom. The van der Waals surface area contributed by atoms with Gasteiger partial charge in [0, 0.05) is 19.2 Å². The van der Waals surface area contributed by atoms with Crippen LogP contribution in [0.15, 0.2) is 24.7 Å². The number of nitrogens with zero attached hydrogens (tertiary/aromatic N) is 4. The number of nitrogen functional groups attached to an aromatic ring is 1. The molecule has 0 aliphatic carbocycles. The van der Waals surface area contributed by atoms with Crippen LogP contribution in [0.25, 0.3) is 0 Å². The smallest absolute Gasteiger partial charge is 0.253 e. The number of carbonyl (C=O) groups excluding carboxylic acids is 1. The first kappa shape index (κ1) is 11.1. The van der Waals surface area contributed by atoms with E-state index in [0.717, 1.165) is 5.56 Å². The van der Waals surface area contributed by atoms with E-state index in [1.807, 2.05) is 0 Å². The van der Waals surface area contributed by atoms with Gasteiger partial charge in [-0.1, -0.05) is 0 Å². The summed E-state index contributed by atoms with van der Waals surface area (Å²) in [6.07, 6.45) is 4.50. The fourth-order valence-electron chi connectivity index (χ4n) is 1.33. The van der Waals surface area contributed by atoms with Crippen LogP contribution in [0, 0.1) is 0 Å². The van der Waals surface area contributed by atoms with Crippen molar-refractivity contribution in [3.8, 4) is 0 Å². The summed E-state index contributed by atoms with van der Waals surface area (Å²) in [7, 11) is 1.74. The third kappa shape index (κ3) is 2.39. The average molecular weight is 232 g/mol. The Balaban J connectivity index is 2.00. The Hall–Kier alpha value is -2.44. The SMILES string of the molecule is Cn1ncc(CNC(=O)c2ccnnc2)c1N. The zero-order valence-electron chi connectivity index (χ0n) is 9.29. The Kier molecular flexibility index (Phi) is 2.99. The van der Waals surface area contributed by atoms with Crippen molar-refractivity contribution in [1.29, 1.82) is 0 Å². The van der Waals surface area contributed by atoms with Gasteiger partial charge >= 0.3 is 0 Å². The molecule has 0 saturated heterocycles. The number of carbonyl (C=O) groups is 1. The Morgan fingerprint density at radius 1 is 1.47 bits per heavy atom. The first-order valence-corrected chi connectivity index (χ1v) is 4.99. The third-order valence-electron chi connectivity index (χ3n) is 2.35. The highest BCUT2D eigenvalue weighted by Gasteiger charge is 2.08. The summed E-state index contributed by atoms with van der Waals surface area (Å²) in [5.41, 5.74) is 7.00. The van der Waals surface area contributed by atoms with Gasteiger partial charge < -0.3 is 11.1 Å². The number of nitrogens with two attached hydrogens (primary N) is 1. The second-order valence-corrected chi connectivity index (χ2v) is 3.49. The topological polar surface area (TPSA) is 98.7 Å². The monoisotopic (exact) mass is 232 g/mol. The van der Waals surface area contributed by atoms with Gasteiger partial charge in [0.05, 0.1) is 24.2 Å². The van der Waals surface area contributed by atoms with Gasteiger partial charge in [-0.2, -0.15) is 15.3 Å². The number of amides is 1. The zero-order valence-corrected chi connectivity index (χ0v) is 9.29. The van der Waals surface area contributed by atoms with Crippen molar-refractivity contribution in [1.82, 2.24) is 25.3 Å². The van der Waals surface area contributed by atoms with Gasteiger partial charge in [-0.05, 0) is 6.07 Å². The summed E-state index contributed by atoms with van der Waals surface area (Å²) >= 11 is 0. The van der Waals surface area contributed by atoms with E-state index in [4.69, 9.17) is 5.73 Å². The predicted octanol–water partition coefficient (Wildman–Crippen LogP) is -0.278. The number of aromatic nitrogens is 4. The Labute approximate surface area is 97.6 Å². The van der Waals surface area contributed by atoms with Gasteiger partial charge in [0.25, 0.3) is 5.91 Å². The quantitative estimate of drug-likeness (QED) is 0.758. The number of hydrogen-bond donors (Lipinski definition) is 2. The highest BCUT2D eigenvalue weighted by Crippen LogP contribution is 2.08. The van der Waals surface area contributed by atoms with Crippen LogP contribution in [-0.2, 0) is 13.6 Å². The molecule has 0 fully saturated rings. The van der Waals surface area contributed by atoms with Crippen LogP contribution in [-0.4, -0.2) is 25.9 Å². The van der Waals surface area contributed by atoms with Crippen LogP contribution in [0.3, 0.4) is 0 Å². The van der Waals surface area contributed by atoms with E-state index in [0.29, 0.717) is 17.9 Å². The summed E-state index contributed by atoms with van der Waals surface area (Å²) < 4.78 is 1.55. The molecule has 1 amide bonds. The second kappa shape index (κ2) is 4.60. The minimum Gasteiger partial charge on any atom is -0.384 e. The molecule has 3 N–H and O–H groups in total. The molecule has 88 valence electrons. The average Bonchev–Trinajstić information content (AvgIpc) is 2.68. The number of anilines is 1. The van der Waals surface area contributed by atoms with Gasteiger partial charge in [0.15, 0.2) is 0 Å². The fraction of sp³-hybridized carbons (Fsp3) is 0.200. The summed E-state index contributed by atoms with van der Waals surface area (Å²) in [5.74, 6) is 0.321. The van der Waals surface area contributed by atoms with E-state index >= 15 is 0 Å². The van der Waals surface area contributed by atoms with Gasteiger partial charge in [-0.25, -0.2) is 0 Å². The van der Waals surface area contributed by atoms with Crippen LogP contribution in [0.2, 0.25) is 0 Å². The molecule has 0 radical (unpaired) electrons. The number of hydrogen-bond acceptors (Lipinski definition) is 5. The maximum absolute atomic E-state index is 11.7. The molecule has 0 unspecified atom stereocenters. The minimum atomic E-state index is -0.219. The fourth-order valence-corrected chi connectivity index (χ4v) is 1.33. The molecule has 2 aromatic rings. The first-order valence-electron chi connectivity index (χ1n) is 4.99. The molecular weight excluding hydrogens is 220 g/mol. The van der Waals surface area contributed by atoms with Gasteiger partial charge in [0.2, 0.25) is 0 Å². The highest BCUT2D eigenvalue weighted by molar-refractivity contribution is 5.93. The number of rotatable bonds is 3. The van der Waals surface area contributed by atoms with Crippen molar-refractivity contribution in [2.75, 3.05) is 5.73 Å². The standard InChI is InChI=1S/C10H12N6O/c1-16-9(11)8(6-15-16)4-12-10(17)7-2-3-13-14-5-7/h2-3,5-6H,4,11H2,1H3,(H,12,17). The lowest BCUT2D eigenvalue weighted by molar-refractivity contribution is 0.0950. The van der Waals surface area contributed by atoms with E-state index in [2.05, 4.69) is 20.6 Å². The van der Waals surface area contributed by atoms with E-state index in [9.17, 15) is 4.79 Å². The minimum absolute atomic E-state index is 0.219. The Morgan fingerprint density at radius 3 is 2.88 bits per heavy atom. The second-order valence-electron chi connectivity index (χ2n) is 3.49. The first-order chi connectivity index (χ1) is 8.18. The molecule has 7 heteroatoms. The van der Waals surface area contributed by atoms with Crippen molar-refractivity contribution in [3.05, 3.63) is 35.8 Å². The molecule has 0 spiro atoms. The molecule has 0 aliphatic rings. The normalized spacial score (nSPS) is 10.2. The van der Waals surface area contributed by atoms with Crippen LogP contribution in [0.5, 0.6) is 0 Å². The van der Waals surface area contributed by atoms with Gasteiger partial charge in [0.1, 0.15) is 5.82 Å². The van der Waals surface area contributed by atoms with E-state index in [1.165, 1.54) is 12.4 Å². The maximum Gasteiger partial charge on any atom is 0.253 e. The molecule has 0 atom stereocenters. The summed E-state index contributed by atoms with van der Waals surface area (Å²) in [5, 5.41) is 13.9. The lowest BCUT2D eigenvalue weighted by Crippen LogP contribution is -2.23. The number of nitrogens with one attached hydrogen (secondary N) is 1. The molecule has 0 aliphatic heterocycles. The van der Waals surface area contributed by atoms with Crippen molar-refractivity contribution in [3.63, 3.8) is 0 Å². The summed E-state index contributed by atoms with van der Waals surface area (Å²) in [4.78, 5) is 11.7. The van der Waals surface area contributed by atoms with E-state index < -0.39 is 0 Å². The van der Waals surface area contributed by atoms with E-state index in [1.54, 1.807) is 24.0 Å². The van der Waals surface area contributed by atoms with Crippen LogP contribution in [0.1, 0.15) is 15.9 Å². The van der Waals surface area contributed by atoms with Crippen LogP contribution >= 0.6 is 0 Å². The molecular formula is C10H12N6O. The molecule has 7 nitrogen and oxygen atoms in total. The lowest BCUT2D eigenvalue weighted by atomic mass is 10.2. The molecule has 2 rings (SSSR count). The molecule has 2 aromatic heterocycles. The van der Waals surface area contributed by atoms with Crippen molar-refractivity contribution in [2.24, 2.45) is 7.05 Å². The highest BCUT2D eigenvalue weighted by atomic mass is 16.1. The van der Waals surface area contributed by atoms with Crippen molar-refractivity contribution < 1.29 is 4.79 Å². The van der Waals surface area contributed by atoms with Gasteiger partial charge in [-0.3, -0.25) is 9.48 Å². The van der Waals surface area contributed by atoms with Gasteiger partial charge in [-0.15, -0.1) is 0 Å².